The number of benzene rings is 1. The van der Waals surface area contributed by atoms with E-state index in [0.717, 1.165) is 11.3 Å². The fourth-order valence-electron chi connectivity index (χ4n) is 1.42. The minimum atomic E-state index is 0.430. The van der Waals surface area contributed by atoms with Crippen LogP contribution in [0.1, 0.15) is 11.1 Å². The Labute approximate surface area is 115 Å². The van der Waals surface area contributed by atoms with Crippen LogP contribution in [0.2, 0.25) is 10.2 Å². The lowest BCUT2D eigenvalue weighted by atomic mass is 10.2. The minimum Gasteiger partial charge on any atom is -0.244 e. The Bertz CT molecular complexity index is 529. The molecule has 0 bridgehead atoms. The largest absolute Gasteiger partial charge is 0.244 e. The molecule has 0 aliphatic rings. The van der Waals surface area contributed by atoms with Crippen LogP contribution in [0.3, 0.4) is 0 Å². The Morgan fingerprint density at radius 2 is 2.00 bits per heavy atom. The zero-order valence-corrected chi connectivity index (χ0v) is 11.6. The molecule has 4 heteroatoms. The molecule has 17 heavy (non-hydrogen) atoms. The van der Waals surface area contributed by atoms with Gasteiger partial charge in [0.1, 0.15) is 5.15 Å². The molecule has 88 valence electrons. The molecule has 0 N–H and O–H groups in total. The van der Waals surface area contributed by atoms with Crippen molar-refractivity contribution in [2.45, 2.75) is 17.6 Å². The average Bonchev–Trinajstić information content (AvgIpc) is 2.30. The maximum Gasteiger partial charge on any atom is 0.130 e. The molecule has 0 unspecified atom stereocenters. The summed E-state index contributed by atoms with van der Waals surface area (Å²) in [4.78, 5) is 5.30. The number of aryl methyl sites for hydroxylation is 1. The molecule has 1 heterocycles. The number of rotatable bonds is 3. The summed E-state index contributed by atoms with van der Waals surface area (Å²) in [5.74, 6) is 0.799. The molecule has 0 aliphatic heterocycles. The highest BCUT2D eigenvalue weighted by molar-refractivity contribution is 7.98. The summed E-state index contributed by atoms with van der Waals surface area (Å²) in [7, 11) is 0. The number of hydrogen-bond donors (Lipinski definition) is 0. The van der Waals surface area contributed by atoms with E-state index in [1.165, 1.54) is 10.5 Å². The molecular weight excluding hydrogens is 273 g/mol. The maximum absolute atomic E-state index is 6.10. The van der Waals surface area contributed by atoms with Gasteiger partial charge in [-0.05, 0) is 30.2 Å². The van der Waals surface area contributed by atoms with E-state index in [-0.39, 0.29) is 0 Å². The Balaban J connectivity index is 2.10. The second kappa shape index (κ2) is 5.76. The number of aromatic nitrogens is 1. The molecule has 0 spiro atoms. The van der Waals surface area contributed by atoms with Crippen LogP contribution in [0.25, 0.3) is 0 Å². The monoisotopic (exact) mass is 283 g/mol. The highest BCUT2D eigenvalue weighted by Crippen LogP contribution is 2.29. The van der Waals surface area contributed by atoms with Gasteiger partial charge in [0.15, 0.2) is 0 Å². The highest BCUT2D eigenvalue weighted by Gasteiger charge is 2.04. The van der Waals surface area contributed by atoms with Crippen LogP contribution in [-0.2, 0) is 5.75 Å². The first kappa shape index (κ1) is 12.7. The SMILES string of the molecule is Cc1ccccc1SCc1cnc(Cl)cc1Cl. The normalized spacial score (nSPS) is 10.5. The van der Waals surface area contributed by atoms with Crippen LogP contribution in [-0.4, -0.2) is 4.98 Å². The molecule has 0 saturated carbocycles. The number of halogens is 2. The molecule has 2 aromatic rings. The Kier molecular flexibility index (Phi) is 4.32. The van der Waals surface area contributed by atoms with Crippen molar-refractivity contribution in [3.8, 4) is 0 Å². The van der Waals surface area contributed by atoms with Gasteiger partial charge in [0.25, 0.3) is 0 Å². The Hall–Kier alpha value is -0.700. The van der Waals surface area contributed by atoms with Crippen LogP contribution >= 0.6 is 35.0 Å². The van der Waals surface area contributed by atoms with E-state index in [9.17, 15) is 0 Å². The predicted molar refractivity (Wildman–Crippen MR) is 75.0 cm³/mol. The van der Waals surface area contributed by atoms with Crippen LogP contribution in [0.4, 0.5) is 0 Å². The van der Waals surface area contributed by atoms with Crippen molar-refractivity contribution in [3.05, 3.63) is 57.8 Å². The molecule has 0 atom stereocenters. The fraction of sp³-hybridized carbons (Fsp3) is 0.154. The van der Waals surface area contributed by atoms with Crippen molar-refractivity contribution in [2.75, 3.05) is 0 Å². The first-order valence-corrected chi connectivity index (χ1v) is 6.89. The first-order valence-electron chi connectivity index (χ1n) is 5.15. The van der Waals surface area contributed by atoms with Gasteiger partial charge in [-0.1, -0.05) is 41.4 Å². The van der Waals surface area contributed by atoms with Gasteiger partial charge in [0, 0.05) is 21.9 Å². The lowest BCUT2D eigenvalue weighted by Gasteiger charge is -2.06. The second-order valence-corrected chi connectivity index (χ2v) is 5.46. The maximum atomic E-state index is 6.10. The highest BCUT2D eigenvalue weighted by atomic mass is 35.5. The van der Waals surface area contributed by atoms with E-state index < -0.39 is 0 Å². The van der Waals surface area contributed by atoms with E-state index in [1.54, 1.807) is 24.0 Å². The van der Waals surface area contributed by atoms with E-state index in [2.05, 4.69) is 24.0 Å². The van der Waals surface area contributed by atoms with Crippen LogP contribution in [0.5, 0.6) is 0 Å². The second-order valence-electron chi connectivity index (χ2n) is 3.65. The van der Waals surface area contributed by atoms with Gasteiger partial charge in [-0.25, -0.2) is 4.98 Å². The summed E-state index contributed by atoms with van der Waals surface area (Å²) in [6.07, 6.45) is 1.73. The summed E-state index contributed by atoms with van der Waals surface area (Å²) < 4.78 is 0. The fourth-order valence-corrected chi connectivity index (χ4v) is 2.94. The van der Waals surface area contributed by atoms with Gasteiger partial charge >= 0.3 is 0 Å². The summed E-state index contributed by atoms with van der Waals surface area (Å²) in [6, 6.07) is 9.96. The summed E-state index contributed by atoms with van der Waals surface area (Å²) in [5, 5.41) is 1.10. The van der Waals surface area contributed by atoms with Gasteiger partial charge in [0.05, 0.1) is 0 Å². The molecule has 0 amide bonds. The topological polar surface area (TPSA) is 12.9 Å². The lowest BCUT2D eigenvalue weighted by molar-refractivity contribution is 1.24. The van der Waals surface area contributed by atoms with Gasteiger partial charge in [0.2, 0.25) is 0 Å². The predicted octanol–water partition coefficient (Wildman–Crippen LogP) is 4.99. The summed E-state index contributed by atoms with van der Waals surface area (Å²) in [5.41, 5.74) is 2.28. The van der Waals surface area contributed by atoms with Crippen molar-refractivity contribution >= 4 is 35.0 Å². The molecule has 1 aromatic carbocycles. The smallest absolute Gasteiger partial charge is 0.130 e. The van der Waals surface area contributed by atoms with E-state index in [1.807, 2.05) is 12.1 Å². The van der Waals surface area contributed by atoms with E-state index in [0.29, 0.717) is 10.2 Å². The number of thioether (sulfide) groups is 1. The van der Waals surface area contributed by atoms with Crippen LogP contribution in [0, 0.1) is 6.92 Å². The van der Waals surface area contributed by atoms with Crippen molar-refractivity contribution < 1.29 is 0 Å². The van der Waals surface area contributed by atoms with Crippen molar-refractivity contribution in [3.63, 3.8) is 0 Å². The van der Waals surface area contributed by atoms with E-state index in [4.69, 9.17) is 23.2 Å². The van der Waals surface area contributed by atoms with Gasteiger partial charge < -0.3 is 0 Å². The minimum absolute atomic E-state index is 0.430. The van der Waals surface area contributed by atoms with Gasteiger partial charge in [-0.3, -0.25) is 0 Å². The number of pyridine rings is 1. The molecule has 1 nitrogen and oxygen atoms in total. The molecule has 2 rings (SSSR count). The molecule has 0 aliphatic carbocycles. The summed E-state index contributed by atoms with van der Waals surface area (Å²) in [6.45, 7) is 2.10. The van der Waals surface area contributed by atoms with E-state index >= 15 is 0 Å². The van der Waals surface area contributed by atoms with Crippen molar-refractivity contribution in [1.82, 2.24) is 4.98 Å². The van der Waals surface area contributed by atoms with Gasteiger partial charge in [-0.15, -0.1) is 11.8 Å². The standard InChI is InChI=1S/C13H11Cl2NS/c1-9-4-2-3-5-12(9)17-8-10-7-16-13(15)6-11(10)14/h2-7H,8H2,1H3. The third-order valence-corrected chi connectivity index (χ3v) is 4.16. The molecule has 0 fully saturated rings. The third-order valence-electron chi connectivity index (χ3n) is 2.37. The Morgan fingerprint density at radius 1 is 1.24 bits per heavy atom. The quantitative estimate of drug-likeness (QED) is 0.581. The molecular formula is C13H11Cl2NS. The first-order chi connectivity index (χ1) is 8.16. The zero-order valence-electron chi connectivity index (χ0n) is 9.28. The number of nitrogens with zero attached hydrogens (tertiary/aromatic N) is 1. The number of hydrogen-bond acceptors (Lipinski definition) is 2. The third kappa shape index (κ3) is 3.38. The van der Waals surface area contributed by atoms with Gasteiger partial charge in [-0.2, -0.15) is 0 Å². The summed E-state index contributed by atoms with van der Waals surface area (Å²) >= 11 is 13.6. The molecule has 1 aromatic heterocycles. The Morgan fingerprint density at radius 3 is 2.71 bits per heavy atom. The van der Waals surface area contributed by atoms with Crippen LogP contribution in [0.15, 0.2) is 41.4 Å². The van der Waals surface area contributed by atoms with Crippen LogP contribution < -0.4 is 0 Å². The zero-order chi connectivity index (χ0) is 12.3. The molecule has 0 radical (unpaired) electrons. The van der Waals surface area contributed by atoms with Crippen molar-refractivity contribution in [2.24, 2.45) is 0 Å². The molecule has 0 saturated heterocycles. The average molecular weight is 284 g/mol. The lowest BCUT2D eigenvalue weighted by Crippen LogP contribution is -1.87. The van der Waals surface area contributed by atoms with Crippen molar-refractivity contribution in [1.29, 1.82) is 0 Å².